The SMILES string of the molecule is Cc1ccc(C(CNc2nc3c(cnn3C(C)(C)C)c(=O)[nH]2)N2CCOCC2)cc1. The van der Waals surface area contributed by atoms with Crippen LogP contribution in [0.25, 0.3) is 11.0 Å². The largest absolute Gasteiger partial charge is 0.379 e. The molecule has 1 unspecified atom stereocenters. The molecule has 0 radical (unpaired) electrons. The van der Waals surface area contributed by atoms with Gasteiger partial charge in [0.25, 0.3) is 5.56 Å². The molecule has 1 fully saturated rings. The molecule has 0 aliphatic carbocycles. The zero-order chi connectivity index (χ0) is 21.3. The molecular formula is C22H30N6O2. The molecule has 0 saturated carbocycles. The van der Waals surface area contributed by atoms with Crippen molar-refractivity contribution >= 4 is 17.0 Å². The average molecular weight is 411 g/mol. The molecule has 1 aliphatic rings. The van der Waals surface area contributed by atoms with Crippen LogP contribution in [0.4, 0.5) is 5.95 Å². The Labute approximate surface area is 176 Å². The van der Waals surface area contributed by atoms with E-state index in [1.165, 1.54) is 11.1 Å². The molecule has 160 valence electrons. The summed E-state index contributed by atoms with van der Waals surface area (Å²) >= 11 is 0. The minimum atomic E-state index is -0.266. The minimum absolute atomic E-state index is 0.156. The number of rotatable bonds is 5. The zero-order valence-corrected chi connectivity index (χ0v) is 18.1. The molecule has 1 atom stereocenters. The van der Waals surface area contributed by atoms with Crippen molar-refractivity contribution in [3.8, 4) is 0 Å². The van der Waals surface area contributed by atoms with Crippen LogP contribution < -0.4 is 10.9 Å². The van der Waals surface area contributed by atoms with Crippen LogP contribution in [0.1, 0.15) is 37.9 Å². The Morgan fingerprint density at radius 2 is 1.90 bits per heavy atom. The van der Waals surface area contributed by atoms with Gasteiger partial charge in [0, 0.05) is 19.6 Å². The molecule has 0 bridgehead atoms. The van der Waals surface area contributed by atoms with Gasteiger partial charge in [-0.2, -0.15) is 10.1 Å². The van der Waals surface area contributed by atoms with E-state index in [-0.39, 0.29) is 17.1 Å². The van der Waals surface area contributed by atoms with Crippen molar-refractivity contribution in [1.29, 1.82) is 0 Å². The van der Waals surface area contributed by atoms with E-state index in [9.17, 15) is 4.79 Å². The highest BCUT2D eigenvalue weighted by Crippen LogP contribution is 2.23. The topological polar surface area (TPSA) is 88.1 Å². The number of benzene rings is 1. The van der Waals surface area contributed by atoms with Crippen LogP contribution in [0.2, 0.25) is 0 Å². The molecule has 4 rings (SSSR count). The lowest BCUT2D eigenvalue weighted by Gasteiger charge is -2.35. The molecule has 0 spiro atoms. The highest BCUT2D eigenvalue weighted by atomic mass is 16.5. The number of hydrogen-bond acceptors (Lipinski definition) is 6. The van der Waals surface area contributed by atoms with Gasteiger partial charge in [-0.15, -0.1) is 0 Å². The van der Waals surface area contributed by atoms with E-state index in [1.54, 1.807) is 10.9 Å². The summed E-state index contributed by atoms with van der Waals surface area (Å²) in [4.78, 5) is 22.5. The number of fused-ring (bicyclic) bond motifs is 1. The summed E-state index contributed by atoms with van der Waals surface area (Å²) in [6.07, 6.45) is 1.58. The van der Waals surface area contributed by atoms with Crippen molar-refractivity contribution in [3.05, 3.63) is 51.9 Å². The van der Waals surface area contributed by atoms with Crippen molar-refractivity contribution in [2.75, 3.05) is 38.2 Å². The van der Waals surface area contributed by atoms with Gasteiger partial charge in [0.05, 0.1) is 31.0 Å². The van der Waals surface area contributed by atoms with E-state index in [0.717, 1.165) is 26.3 Å². The van der Waals surface area contributed by atoms with Crippen molar-refractivity contribution < 1.29 is 4.74 Å². The lowest BCUT2D eigenvalue weighted by Crippen LogP contribution is -2.41. The van der Waals surface area contributed by atoms with Gasteiger partial charge >= 0.3 is 0 Å². The second kappa shape index (κ2) is 8.20. The predicted octanol–water partition coefficient (Wildman–Crippen LogP) is 2.67. The number of H-pyrrole nitrogens is 1. The normalized spacial score (nSPS) is 16.7. The van der Waals surface area contributed by atoms with E-state index < -0.39 is 0 Å². The van der Waals surface area contributed by atoms with Gasteiger partial charge in [0.1, 0.15) is 5.39 Å². The summed E-state index contributed by atoms with van der Waals surface area (Å²) in [6, 6.07) is 8.77. The first-order chi connectivity index (χ1) is 14.3. The van der Waals surface area contributed by atoms with Crippen molar-refractivity contribution in [2.24, 2.45) is 0 Å². The number of anilines is 1. The van der Waals surface area contributed by atoms with Crippen LogP contribution in [0.3, 0.4) is 0 Å². The van der Waals surface area contributed by atoms with Crippen LogP contribution in [-0.4, -0.2) is 57.5 Å². The molecule has 3 heterocycles. The number of aromatic amines is 1. The Kier molecular flexibility index (Phi) is 5.62. The second-order valence-corrected chi connectivity index (χ2v) is 8.83. The highest BCUT2D eigenvalue weighted by Gasteiger charge is 2.24. The summed E-state index contributed by atoms with van der Waals surface area (Å²) in [5, 5.41) is 8.24. The number of ether oxygens (including phenoxy) is 1. The number of nitrogens with one attached hydrogen (secondary N) is 2. The fraction of sp³-hybridized carbons (Fsp3) is 0.500. The molecule has 30 heavy (non-hydrogen) atoms. The van der Waals surface area contributed by atoms with Crippen LogP contribution in [-0.2, 0) is 10.3 Å². The summed E-state index contributed by atoms with van der Waals surface area (Å²) < 4.78 is 7.33. The molecule has 0 amide bonds. The lowest BCUT2D eigenvalue weighted by molar-refractivity contribution is 0.0187. The average Bonchev–Trinajstić information content (AvgIpc) is 3.15. The minimum Gasteiger partial charge on any atom is -0.379 e. The molecule has 3 aromatic rings. The van der Waals surface area contributed by atoms with Crippen LogP contribution in [0.5, 0.6) is 0 Å². The highest BCUT2D eigenvalue weighted by molar-refractivity contribution is 5.74. The maximum Gasteiger partial charge on any atom is 0.263 e. The van der Waals surface area contributed by atoms with E-state index >= 15 is 0 Å². The van der Waals surface area contributed by atoms with E-state index in [2.05, 4.69) is 56.5 Å². The Hall–Kier alpha value is -2.71. The summed E-state index contributed by atoms with van der Waals surface area (Å²) in [5.41, 5.74) is 2.61. The third-order valence-electron chi connectivity index (χ3n) is 5.48. The predicted molar refractivity (Wildman–Crippen MR) is 118 cm³/mol. The number of hydrogen-bond donors (Lipinski definition) is 2. The Balaban J connectivity index is 1.62. The Morgan fingerprint density at radius 1 is 1.20 bits per heavy atom. The van der Waals surface area contributed by atoms with Gasteiger partial charge in [0.15, 0.2) is 5.65 Å². The Morgan fingerprint density at radius 3 is 2.57 bits per heavy atom. The first-order valence-electron chi connectivity index (χ1n) is 10.4. The first-order valence-corrected chi connectivity index (χ1v) is 10.4. The fourth-order valence-corrected chi connectivity index (χ4v) is 3.82. The third kappa shape index (κ3) is 4.24. The fourth-order valence-electron chi connectivity index (χ4n) is 3.82. The molecular weight excluding hydrogens is 380 g/mol. The number of aryl methyl sites for hydroxylation is 1. The first kappa shape index (κ1) is 20.6. The van der Waals surface area contributed by atoms with Gasteiger partial charge in [-0.05, 0) is 33.3 Å². The van der Waals surface area contributed by atoms with Crippen LogP contribution >= 0.6 is 0 Å². The monoisotopic (exact) mass is 410 g/mol. The van der Waals surface area contributed by atoms with Gasteiger partial charge < -0.3 is 10.1 Å². The molecule has 2 aromatic heterocycles. The molecule has 1 saturated heterocycles. The van der Waals surface area contributed by atoms with Gasteiger partial charge in [-0.3, -0.25) is 14.7 Å². The number of aromatic nitrogens is 4. The standard InChI is InChI=1S/C22H30N6O2/c1-15-5-7-16(8-6-15)18(27-9-11-30-12-10-27)14-23-21-25-19-17(20(29)26-21)13-24-28(19)22(2,3)4/h5-8,13,18H,9-12,14H2,1-4H3,(H2,23,25,26,29). The second-order valence-electron chi connectivity index (χ2n) is 8.83. The number of nitrogens with zero attached hydrogens (tertiary/aromatic N) is 4. The summed E-state index contributed by atoms with van der Waals surface area (Å²) in [7, 11) is 0. The molecule has 1 aliphatic heterocycles. The quantitative estimate of drug-likeness (QED) is 0.672. The van der Waals surface area contributed by atoms with Gasteiger partial charge in [0.2, 0.25) is 5.95 Å². The maximum atomic E-state index is 12.6. The summed E-state index contributed by atoms with van der Waals surface area (Å²) in [6.45, 7) is 12.1. The van der Waals surface area contributed by atoms with Crippen molar-refractivity contribution in [2.45, 2.75) is 39.3 Å². The molecule has 2 N–H and O–H groups in total. The molecule has 8 nitrogen and oxygen atoms in total. The van der Waals surface area contributed by atoms with Crippen molar-refractivity contribution in [1.82, 2.24) is 24.6 Å². The van der Waals surface area contributed by atoms with Gasteiger partial charge in [-0.1, -0.05) is 29.8 Å². The lowest BCUT2D eigenvalue weighted by atomic mass is 10.0. The number of morpholine rings is 1. The van der Waals surface area contributed by atoms with Crippen LogP contribution in [0.15, 0.2) is 35.3 Å². The Bertz CT molecular complexity index is 1060. The summed E-state index contributed by atoms with van der Waals surface area (Å²) in [5.74, 6) is 0.462. The zero-order valence-electron chi connectivity index (χ0n) is 18.1. The third-order valence-corrected chi connectivity index (χ3v) is 5.48. The van der Waals surface area contributed by atoms with E-state index in [1.807, 2.05) is 20.8 Å². The van der Waals surface area contributed by atoms with E-state index in [4.69, 9.17) is 4.74 Å². The van der Waals surface area contributed by atoms with E-state index in [0.29, 0.717) is 23.5 Å². The van der Waals surface area contributed by atoms with Gasteiger partial charge in [-0.25, -0.2) is 4.68 Å². The van der Waals surface area contributed by atoms with Crippen molar-refractivity contribution in [3.63, 3.8) is 0 Å². The maximum absolute atomic E-state index is 12.6. The molecule has 1 aromatic carbocycles. The van der Waals surface area contributed by atoms with Crippen LogP contribution in [0, 0.1) is 6.92 Å². The molecule has 8 heteroatoms. The smallest absolute Gasteiger partial charge is 0.263 e.